The Kier molecular flexibility index (Phi) is 2.37. The average molecular weight is 257 g/mol. The minimum Gasteiger partial charge on any atom is -0.448 e. The van der Waals surface area contributed by atoms with E-state index in [4.69, 9.17) is 4.42 Å². The molecule has 0 unspecified atom stereocenters. The number of hydrogen-bond acceptors (Lipinski definition) is 1. The Bertz CT molecular complexity index is 819. The number of furan rings is 1. The second-order valence-corrected chi connectivity index (χ2v) is 4.67. The van der Waals surface area contributed by atoms with E-state index >= 15 is 0 Å². The second-order valence-electron chi connectivity index (χ2n) is 4.67. The zero-order valence-corrected chi connectivity index (χ0v) is 10.7. The highest BCUT2D eigenvalue weighted by Gasteiger charge is 2.00. The molecule has 4 aromatic rings. The maximum absolute atomic E-state index is 5.68. The first-order chi connectivity index (χ1) is 9.88. The monoisotopic (exact) mass is 257 g/mol. The van der Waals surface area contributed by atoms with E-state index in [9.17, 15) is 0 Å². The van der Waals surface area contributed by atoms with Crippen LogP contribution >= 0.6 is 0 Å². The van der Waals surface area contributed by atoms with Gasteiger partial charge in [0.2, 0.25) is 0 Å². The Balaban J connectivity index is 1.74. The Morgan fingerprint density at radius 3 is 2.45 bits per heavy atom. The van der Waals surface area contributed by atoms with E-state index in [-0.39, 0.29) is 0 Å². The highest BCUT2D eigenvalue weighted by atomic mass is 16.3. The van der Waals surface area contributed by atoms with Crippen molar-refractivity contribution < 1.29 is 4.42 Å². The molecular formula is C18H11NO. The van der Waals surface area contributed by atoms with Gasteiger partial charge < -0.3 is 9.40 Å². The summed E-state index contributed by atoms with van der Waals surface area (Å²) in [6, 6.07) is 20.1. The van der Waals surface area contributed by atoms with Gasteiger partial charge in [-0.3, -0.25) is 0 Å². The fourth-order valence-electron chi connectivity index (χ4n) is 2.31. The molecule has 2 aromatic heterocycles. The molecule has 0 amide bonds. The van der Waals surface area contributed by atoms with Crippen LogP contribution in [0.25, 0.3) is 21.9 Å². The Labute approximate surface area is 116 Å². The van der Waals surface area contributed by atoms with E-state index in [0.717, 1.165) is 22.2 Å². The molecule has 0 radical (unpaired) electrons. The smallest absolute Gasteiger partial charge is 0.178 e. The third-order valence-corrected chi connectivity index (χ3v) is 3.28. The summed E-state index contributed by atoms with van der Waals surface area (Å²) in [5, 5.41) is 2.25. The predicted octanol–water partition coefficient (Wildman–Crippen LogP) is 4.31. The molecule has 94 valence electrons. The molecule has 0 spiro atoms. The quantitative estimate of drug-likeness (QED) is 0.467. The fourth-order valence-corrected chi connectivity index (χ4v) is 2.31. The van der Waals surface area contributed by atoms with Gasteiger partial charge in [0.25, 0.3) is 0 Å². The topological polar surface area (TPSA) is 28.9 Å². The average Bonchev–Trinajstić information content (AvgIpc) is 3.07. The van der Waals surface area contributed by atoms with Crippen LogP contribution in [0.1, 0.15) is 11.5 Å². The van der Waals surface area contributed by atoms with Crippen LogP contribution in [0, 0.1) is 11.8 Å². The van der Waals surface area contributed by atoms with Crippen molar-refractivity contribution in [1.29, 1.82) is 0 Å². The number of aromatic amines is 1. The molecule has 0 saturated carbocycles. The van der Waals surface area contributed by atoms with Gasteiger partial charge in [0.1, 0.15) is 5.58 Å². The Morgan fingerprint density at radius 2 is 1.60 bits per heavy atom. The molecule has 2 heterocycles. The minimum atomic E-state index is 0.685. The molecule has 2 heteroatoms. The van der Waals surface area contributed by atoms with Gasteiger partial charge in [-0.2, -0.15) is 0 Å². The van der Waals surface area contributed by atoms with E-state index in [0.29, 0.717) is 5.76 Å². The van der Waals surface area contributed by atoms with Crippen LogP contribution in [0.15, 0.2) is 65.1 Å². The Morgan fingerprint density at radius 1 is 0.800 bits per heavy atom. The molecule has 0 aliphatic heterocycles. The zero-order valence-electron chi connectivity index (χ0n) is 10.7. The van der Waals surface area contributed by atoms with Crippen LogP contribution in [-0.4, -0.2) is 4.98 Å². The maximum atomic E-state index is 5.68. The molecule has 0 aliphatic carbocycles. The first-order valence-electron chi connectivity index (χ1n) is 6.47. The van der Waals surface area contributed by atoms with Crippen LogP contribution in [0.5, 0.6) is 0 Å². The molecular weight excluding hydrogens is 246 g/mol. The van der Waals surface area contributed by atoms with Crippen molar-refractivity contribution >= 4 is 21.9 Å². The summed E-state index contributed by atoms with van der Waals surface area (Å²) in [7, 11) is 0. The number of aromatic nitrogens is 1. The SMILES string of the molecule is C(#Cc1cc2ccccc2o1)c1cc2ccccc2[nH]1. The van der Waals surface area contributed by atoms with Crippen LogP contribution in [0.3, 0.4) is 0 Å². The summed E-state index contributed by atoms with van der Waals surface area (Å²) < 4.78 is 5.68. The number of fused-ring (bicyclic) bond motifs is 2. The molecule has 0 bridgehead atoms. The van der Waals surface area contributed by atoms with Gasteiger partial charge in [-0.15, -0.1) is 0 Å². The van der Waals surface area contributed by atoms with Crippen molar-refractivity contribution in [1.82, 2.24) is 4.98 Å². The Hall–Kier alpha value is -2.92. The number of rotatable bonds is 0. The molecule has 1 N–H and O–H groups in total. The lowest BCUT2D eigenvalue weighted by molar-refractivity contribution is 0.601. The van der Waals surface area contributed by atoms with Gasteiger partial charge in [-0.25, -0.2) is 0 Å². The van der Waals surface area contributed by atoms with Crippen molar-refractivity contribution in [2.45, 2.75) is 0 Å². The summed E-state index contributed by atoms with van der Waals surface area (Å²) in [5.74, 6) is 6.86. The molecule has 4 rings (SSSR count). The van der Waals surface area contributed by atoms with Crippen molar-refractivity contribution in [3.8, 4) is 11.8 Å². The summed E-state index contributed by atoms with van der Waals surface area (Å²) in [6.07, 6.45) is 0. The van der Waals surface area contributed by atoms with E-state index in [2.05, 4.69) is 22.9 Å². The lowest BCUT2D eigenvalue weighted by atomic mass is 10.2. The summed E-state index contributed by atoms with van der Waals surface area (Å²) in [5.41, 5.74) is 2.86. The molecule has 0 fully saturated rings. The van der Waals surface area contributed by atoms with Crippen LogP contribution < -0.4 is 0 Å². The van der Waals surface area contributed by atoms with E-state index < -0.39 is 0 Å². The number of H-pyrrole nitrogens is 1. The predicted molar refractivity (Wildman–Crippen MR) is 80.5 cm³/mol. The van der Waals surface area contributed by atoms with Crippen LogP contribution in [-0.2, 0) is 0 Å². The van der Waals surface area contributed by atoms with Crippen LogP contribution in [0.4, 0.5) is 0 Å². The fraction of sp³-hybridized carbons (Fsp3) is 0. The third-order valence-electron chi connectivity index (χ3n) is 3.28. The van der Waals surface area contributed by atoms with E-state index in [1.807, 2.05) is 54.6 Å². The highest BCUT2D eigenvalue weighted by molar-refractivity contribution is 5.81. The third kappa shape index (κ3) is 1.86. The maximum Gasteiger partial charge on any atom is 0.178 e. The number of para-hydroxylation sites is 2. The number of hydrogen-bond donors (Lipinski definition) is 1. The first kappa shape index (κ1) is 11.0. The molecule has 0 atom stereocenters. The standard InChI is InChI=1S/C18H11NO/c1-3-7-17-13(5-1)11-15(19-17)9-10-16-12-14-6-2-4-8-18(14)20-16/h1-8,11-12,19H. The van der Waals surface area contributed by atoms with Crippen LogP contribution in [0.2, 0.25) is 0 Å². The van der Waals surface area contributed by atoms with E-state index in [1.165, 1.54) is 5.39 Å². The van der Waals surface area contributed by atoms with Gasteiger partial charge in [-0.1, -0.05) is 36.4 Å². The minimum absolute atomic E-state index is 0.685. The van der Waals surface area contributed by atoms with Gasteiger partial charge >= 0.3 is 0 Å². The normalized spacial score (nSPS) is 10.6. The zero-order chi connectivity index (χ0) is 13.4. The summed E-state index contributed by atoms with van der Waals surface area (Å²) in [6.45, 7) is 0. The number of nitrogens with one attached hydrogen (secondary N) is 1. The van der Waals surface area contributed by atoms with Crippen molar-refractivity contribution in [3.05, 3.63) is 72.1 Å². The van der Waals surface area contributed by atoms with E-state index in [1.54, 1.807) is 0 Å². The van der Waals surface area contributed by atoms with Gasteiger partial charge in [0.15, 0.2) is 5.76 Å². The first-order valence-corrected chi connectivity index (χ1v) is 6.47. The summed E-state index contributed by atoms with van der Waals surface area (Å²) >= 11 is 0. The second kappa shape index (κ2) is 4.32. The number of benzene rings is 2. The van der Waals surface area contributed by atoms with Gasteiger partial charge in [-0.05, 0) is 30.0 Å². The van der Waals surface area contributed by atoms with Crippen molar-refractivity contribution in [3.63, 3.8) is 0 Å². The highest BCUT2D eigenvalue weighted by Crippen LogP contribution is 2.18. The molecule has 2 aromatic carbocycles. The largest absolute Gasteiger partial charge is 0.448 e. The molecule has 20 heavy (non-hydrogen) atoms. The van der Waals surface area contributed by atoms with Crippen molar-refractivity contribution in [2.75, 3.05) is 0 Å². The molecule has 0 saturated heterocycles. The lowest BCUT2D eigenvalue weighted by Crippen LogP contribution is -1.71. The van der Waals surface area contributed by atoms with Crippen molar-refractivity contribution in [2.24, 2.45) is 0 Å². The van der Waals surface area contributed by atoms with Gasteiger partial charge in [0.05, 0.1) is 5.69 Å². The summed E-state index contributed by atoms with van der Waals surface area (Å²) in [4.78, 5) is 3.28. The van der Waals surface area contributed by atoms with Gasteiger partial charge in [0, 0.05) is 22.4 Å². The molecule has 2 nitrogen and oxygen atoms in total. The lowest BCUT2D eigenvalue weighted by Gasteiger charge is -1.83. The molecule has 0 aliphatic rings.